The zero-order chi connectivity index (χ0) is 22.4. The predicted octanol–water partition coefficient (Wildman–Crippen LogP) is 3.74. The molecule has 1 aliphatic rings. The first-order chi connectivity index (χ1) is 14.9. The van der Waals surface area contributed by atoms with E-state index in [1.165, 1.54) is 11.1 Å². The average Bonchev–Trinajstić information content (AvgIpc) is 3.08. The van der Waals surface area contributed by atoms with Gasteiger partial charge >= 0.3 is 11.9 Å². The van der Waals surface area contributed by atoms with E-state index in [9.17, 15) is 14.4 Å². The Bertz CT molecular complexity index is 960. The largest absolute Gasteiger partial charge is 0.460 e. The first kappa shape index (κ1) is 22.9. The summed E-state index contributed by atoms with van der Waals surface area (Å²) < 4.78 is 11.0. The van der Waals surface area contributed by atoms with Crippen LogP contribution in [0.25, 0.3) is 0 Å². The number of thioether (sulfide) groups is 1. The van der Waals surface area contributed by atoms with Crippen molar-refractivity contribution in [1.82, 2.24) is 5.32 Å². The number of carbonyl (C=O) groups is 3. The Morgan fingerprint density at radius 3 is 2.58 bits per heavy atom. The maximum Gasteiger partial charge on any atom is 0.328 e. The molecular formula is C24H27NO5S. The molecule has 6 nitrogen and oxygen atoms in total. The molecule has 0 saturated heterocycles. The van der Waals surface area contributed by atoms with Crippen molar-refractivity contribution in [3.63, 3.8) is 0 Å². The molecule has 0 spiro atoms. The number of hydrogen-bond donors (Lipinski definition) is 1. The van der Waals surface area contributed by atoms with E-state index < -0.39 is 23.9 Å². The van der Waals surface area contributed by atoms with Gasteiger partial charge in [0.05, 0.1) is 12.0 Å². The number of benzene rings is 2. The number of carbonyl (C=O) groups excluding carboxylic acids is 3. The molecule has 1 aliphatic carbocycles. The van der Waals surface area contributed by atoms with Gasteiger partial charge in [0.2, 0.25) is 0 Å². The van der Waals surface area contributed by atoms with Crippen LogP contribution in [-0.4, -0.2) is 42.0 Å². The van der Waals surface area contributed by atoms with E-state index >= 15 is 0 Å². The molecule has 1 amide bonds. The summed E-state index contributed by atoms with van der Waals surface area (Å²) in [7, 11) is 0. The minimum atomic E-state index is -0.844. The van der Waals surface area contributed by atoms with Gasteiger partial charge < -0.3 is 14.8 Å². The quantitative estimate of drug-likeness (QED) is 0.497. The van der Waals surface area contributed by atoms with Crippen LogP contribution in [0.2, 0.25) is 0 Å². The summed E-state index contributed by atoms with van der Waals surface area (Å²) in [6, 6.07) is 13.7. The first-order valence-electron chi connectivity index (χ1n) is 10.3. The number of ether oxygens (including phenoxy) is 2. The van der Waals surface area contributed by atoms with Gasteiger partial charge in [0.25, 0.3) is 5.91 Å². The van der Waals surface area contributed by atoms with Crippen LogP contribution < -0.4 is 10.1 Å². The fourth-order valence-electron chi connectivity index (χ4n) is 3.59. The Morgan fingerprint density at radius 2 is 1.84 bits per heavy atom. The monoisotopic (exact) mass is 441 g/mol. The number of esters is 2. The second-order valence-electron chi connectivity index (χ2n) is 7.58. The molecular weight excluding hydrogens is 414 g/mol. The molecule has 0 fully saturated rings. The van der Waals surface area contributed by atoms with Crippen LogP contribution in [-0.2, 0) is 20.7 Å². The highest BCUT2D eigenvalue weighted by atomic mass is 32.2. The lowest BCUT2D eigenvalue weighted by Crippen LogP contribution is -2.41. The third-order valence-electron chi connectivity index (χ3n) is 5.36. The molecule has 2 aromatic carbocycles. The summed E-state index contributed by atoms with van der Waals surface area (Å²) in [5.74, 6) is -0.486. The van der Waals surface area contributed by atoms with Gasteiger partial charge in [-0.2, -0.15) is 11.8 Å². The van der Waals surface area contributed by atoms with Crippen LogP contribution in [0.1, 0.15) is 47.7 Å². The highest BCUT2D eigenvalue weighted by molar-refractivity contribution is 7.98. The third kappa shape index (κ3) is 5.67. The molecule has 0 aliphatic heterocycles. The maximum atomic E-state index is 12.7. The van der Waals surface area contributed by atoms with Crippen molar-refractivity contribution in [3.8, 4) is 5.75 Å². The zero-order valence-corrected chi connectivity index (χ0v) is 18.7. The lowest BCUT2D eigenvalue weighted by Gasteiger charge is -2.20. The van der Waals surface area contributed by atoms with Crippen molar-refractivity contribution in [2.45, 2.75) is 44.8 Å². The van der Waals surface area contributed by atoms with Gasteiger partial charge in [0.15, 0.2) is 0 Å². The third-order valence-corrected chi connectivity index (χ3v) is 5.97. The summed E-state index contributed by atoms with van der Waals surface area (Å²) in [5.41, 5.74) is 2.57. The molecule has 2 aromatic rings. The Labute approximate surface area is 186 Å². The van der Waals surface area contributed by atoms with Crippen molar-refractivity contribution in [2.24, 2.45) is 0 Å². The van der Waals surface area contributed by atoms with E-state index in [1.54, 1.807) is 43.0 Å². The number of amides is 1. The van der Waals surface area contributed by atoms with Crippen LogP contribution in [0, 0.1) is 0 Å². The van der Waals surface area contributed by atoms with Crippen molar-refractivity contribution >= 4 is 29.6 Å². The number of para-hydroxylation sites is 1. The van der Waals surface area contributed by atoms with Crippen molar-refractivity contribution in [1.29, 1.82) is 0 Å². The number of fused-ring (bicyclic) bond motifs is 1. The summed E-state index contributed by atoms with van der Waals surface area (Å²) in [6.45, 7) is 3.62. The molecule has 0 aromatic heterocycles. The minimum Gasteiger partial charge on any atom is -0.460 e. The van der Waals surface area contributed by atoms with Crippen LogP contribution in [0.15, 0.2) is 48.5 Å². The molecule has 31 heavy (non-hydrogen) atoms. The summed E-state index contributed by atoms with van der Waals surface area (Å²) >= 11 is 1.54. The van der Waals surface area contributed by atoms with Gasteiger partial charge in [0.1, 0.15) is 17.9 Å². The number of nitrogens with one attached hydrogen (secondary N) is 1. The molecule has 164 valence electrons. The SMILES string of the molecule is CSCCC(=O)Oc1ccccc1C(=O)N[C@@H](C)C(=O)OC1Cc2ccccc2C1C. The van der Waals surface area contributed by atoms with E-state index in [0.717, 1.165) is 0 Å². The van der Waals surface area contributed by atoms with Gasteiger partial charge in [-0.05, 0) is 36.4 Å². The molecule has 2 unspecified atom stereocenters. The Morgan fingerprint density at radius 1 is 1.13 bits per heavy atom. The van der Waals surface area contributed by atoms with Gasteiger partial charge in [-0.25, -0.2) is 4.79 Å². The van der Waals surface area contributed by atoms with Crippen LogP contribution in [0.3, 0.4) is 0 Å². The van der Waals surface area contributed by atoms with Crippen LogP contribution in [0.4, 0.5) is 0 Å². The molecule has 3 atom stereocenters. The van der Waals surface area contributed by atoms with Gasteiger partial charge in [-0.3, -0.25) is 9.59 Å². The topological polar surface area (TPSA) is 81.7 Å². The normalized spacial score (nSPS) is 18.0. The second-order valence-corrected chi connectivity index (χ2v) is 8.56. The lowest BCUT2D eigenvalue weighted by atomic mass is 10.0. The fraction of sp³-hybridized carbons (Fsp3) is 0.375. The first-order valence-corrected chi connectivity index (χ1v) is 11.7. The highest BCUT2D eigenvalue weighted by Crippen LogP contribution is 2.34. The summed E-state index contributed by atoms with van der Waals surface area (Å²) in [6.07, 6.45) is 2.56. The van der Waals surface area contributed by atoms with E-state index in [-0.39, 0.29) is 29.8 Å². The molecule has 0 radical (unpaired) electrons. The number of hydrogen-bond acceptors (Lipinski definition) is 6. The Kier molecular flexibility index (Phi) is 7.74. The van der Waals surface area contributed by atoms with E-state index in [2.05, 4.69) is 11.4 Å². The second kappa shape index (κ2) is 10.5. The van der Waals surface area contributed by atoms with Crippen LogP contribution in [0.5, 0.6) is 5.75 Å². The molecule has 0 bridgehead atoms. The lowest BCUT2D eigenvalue weighted by molar-refractivity contribution is -0.151. The Balaban J connectivity index is 1.59. The predicted molar refractivity (Wildman–Crippen MR) is 120 cm³/mol. The summed E-state index contributed by atoms with van der Waals surface area (Å²) in [4.78, 5) is 37.3. The maximum absolute atomic E-state index is 12.7. The number of rotatable bonds is 8. The standard InChI is InChI=1S/C24H27NO5S/c1-15-18-9-5-4-8-17(18)14-21(15)30-24(28)16(2)25-23(27)19-10-6-7-11-20(19)29-22(26)12-13-31-3/h4-11,15-16,21H,12-14H2,1-3H3,(H,25,27)/t15?,16-,21?/m0/s1. The van der Waals surface area contributed by atoms with Gasteiger partial charge in [-0.15, -0.1) is 0 Å². The van der Waals surface area contributed by atoms with Crippen molar-refractivity contribution < 1.29 is 23.9 Å². The van der Waals surface area contributed by atoms with Crippen LogP contribution >= 0.6 is 11.8 Å². The smallest absolute Gasteiger partial charge is 0.328 e. The summed E-state index contributed by atoms with van der Waals surface area (Å²) in [5, 5.41) is 2.65. The average molecular weight is 442 g/mol. The highest BCUT2D eigenvalue weighted by Gasteiger charge is 2.33. The zero-order valence-electron chi connectivity index (χ0n) is 17.9. The molecule has 7 heteroatoms. The van der Waals surface area contributed by atoms with E-state index in [0.29, 0.717) is 12.2 Å². The minimum absolute atomic E-state index is 0.101. The van der Waals surface area contributed by atoms with Gasteiger partial charge in [-0.1, -0.05) is 43.3 Å². The molecule has 0 saturated carbocycles. The fourth-order valence-corrected chi connectivity index (χ4v) is 3.96. The van der Waals surface area contributed by atoms with E-state index in [1.807, 2.05) is 31.4 Å². The van der Waals surface area contributed by atoms with Crippen molar-refractivity contribution in [3.05, 3.63) is 65.2 Å². The molecule has 0 heterocycles. The molecule has 1 N–H and O–H groups in total. The van der Waals surface area contributed by atoms with E-state index in [4.69, 9.17) is 9.47 Å². The van der Waals surface area contributed by atoms with Crippen molar-refractivity contribution in [2.75, 3.05) is 12.0 Å². The van der Waals surface area contributed by atoms with Gasteiger partial charge in [0, 0.05) is 18.1 Å². The Hall–Kier alpha value is -2.80. The molecule has 3 rings (SSSR count).